The maximum atomic E-state index is 5.52. The van der Waals surface area contributed by atoms with Crippen molar-refractivity contribution in [3.8, 4) is 0 Å². The SMILES string of the molecule is C=C(C)CCCC(CC)CCN. The molecule has 0 heterocycles. The lowest BCUT2D eigenvalue weighted by molar-refractivity contribution is 0.429. The van der Waals surface area contributed by atoms with E-state index in [1.54, 1.807) is 0 Å². The van der Waals surface area contributed by atoms with Gasteiger partial charge in [-0.25, -0.2) is 0 Å². The molecule has 12 heavy (non-hydrogen) atoms. The van der Waals surface area contributed by atoms with E-state index in [1.165, 1.54) is 37.7 Å². The van der Waals surface area contributed by atoms with E-state index in [0.717, 1.165) is 12.5 Å². The second-order valence-electron chi connectivity index (χ2n) is 3.70. The predicted octanol–water partition coefficient (Wildman–Crippen LogP) is 3.11. The Balaban J connectivity index is 3.37. The molecular weight excluding hydrogens is 146 g/mol. The molecule has 1 heteroatoms. The molecule has 1 nitrogen and oxygen atoms in total. The molecule has 0 aliphatic rings. The van der Waals surface area contributed by atoms with Gasteiger partial charge in [0.15, 0.2) is 0 Å². The van der Waals surface area contributed by atoms with Gasteiger partial charge in [-0.3, -0.25) is 0 Å². The number of hydrogen-bond acceptors (Lipinski definition) is 1. The zero-order valence-electron chi connectivity index (χ0n) is 8.60. The molecular formula is C11H23N. The van der Waals surface area contributed by atoms with Crippen LogP contribution in [0.3, 0.4) is 0 Å². The van der Waals surface area contributed by atoms with Gasteiger partial charge in [0.2, 0.25) is 0 Å². The van der Waals surface area contributed by atoms with Crippen LogP contribution < -0.4 is 5.73 Å². The van der Waals surface area contributed by atoms with E-state index >= 15 is 0 Å². The molecule has 0 aliphatic heterocycles. The van der Waals surface area contributed by atoms with Crippen molar-refractivity contribution < 1.29 is 0 Å². The lowest BCUT2D eigenvalue weighted by Crippen LogP contribution is -2.07. The van der Waals surface area contributed by atoms with Gasteiger partial charge >= 0.3 is 0 Å². The largest absolute Gasteiger partial charge is 0.330 e. The Morgan fingerprint density at radius 2 is 2.08 bits per heavy atom. The van der Waals surface area contributed by atoms with Gasteiger partial charge in [0.05, 0.1) is 0 Å². The minimum Gasteiger partial charge on any atom is -0.330 e. The highest BCUT2D eigenvalue weighted by Gasteiger charge is 2.03. The number of nitrogens with two attached hydrogens (primary N) is 1. The zero-order chi connectivity index (χ0) is 9.40. The Kier molecular flexibility index (Phi) is 7.17. The van der Waals surface area contributed by atoms with Crippen LogP contribution in [-0.2, 0) is 0 Å². The Morgan fingerprint density at radius 3 is 2.50 bits per heavy atom. The van der Waals surface area contributed by atoms with Gasteiger partial charge in [0, 0.05) is 0 Å². The first-order chi connectivity index (χ1) is 5.70. The number of allylic oxidation sites excluding steroid dienone is 1. The summed E-state index contributed by atoms with van der Waals surface area (Å²) in [6, 6.07) is 0. The standard InChI is InChI=1S/C11H23N/c1-4-11(8-9-12)7-5-6-10(2)3/h11H,2,4-9,12H2,1,3H3. The van der Waals surface area contributed by atoms with Crippen LogP contribution in [0.15, 0.2) is 12.2 Å². The fourth-order valence-corrected chi connectivity index (χ4v) is 1.48. The monoisotopic (exact) mass is 169 g/mol. The van der Waals surface area contributed by atoms with E-state index in [4.69, 9.17) is 5.73 Å². The topological polar surface area (TPSA) is 26.0 Å². The van der Waals surface area contributed by atoms with Crippen LogP contribution in [0.5, 0.6) is 0 Å². The summed E-state index contributed by atoms with van der Waals surface area (Å²) in [5.74, 6) is 0.842. The van der Waals surface area contributed by atoms with Crippen LogP contribution in [0.4, 0.5) is 0 Å². The van der Waals surface area contributed by atoms with Crippen molar-refractivity contribution >= 4 is 0 Å². The second kappa shape index (κ2) is 7.35. The lowest BCUT2D eigenvalue weighted by atomic mass is 9.95. The molecule has 2 N–H and O–H groups in total. The van der Waals surface area contributed by atoms with Crippen LogP contribution in [0.1, 0.15) is 46.0 Å². The highest BCUT2D eigenvalue weighted by atomic mass is 14.5. The fourth-order valence-electron chi connectivity index (χ4n) is 1.48. The summed E-state index contributed by atoms with van der Waals surface area (Å²) in [6.45, 7) is 9.09. The van der Waals surface area contributed by atoms with Crippen molar-refractivity contribution in [1.82, 2.24) is 0 Å². The molecule has 0 aromatic heterocycles. The van der Waals surface area contributed by atoms with E-state index in [9.17, 15) is 0 Å². The average Bonchev–Trinajstić information content (AvgIpc) is 2.02. The normalized spacial score (nSPS) is 12.9. The maximum absolute atomic E-state index is 5.52. The summed E-state index contributed by atoms with van der Waals surface area (Å²) in [6.07, 6.45) is 6.25. The van der Waals surface area contributed by atoms with E-state index in [0.29, 0.717) is 0 Å². The second-order valence-corrected chi connectivity index (χ2v) is 3.70. The quantitative estimate of drug-likeness (QED) is 0.582. The summed E-state index contributed by atoms with van der Waals surface area (Å²) in [5.41, 5.74) is 6.82. The van der Waals surface area contributed by atoms with E-state index < -0.39 is 0 Å². The van der Waals surface area contributed by atoms with Crippen molar-refractivity contribution in [2.45, 2.75) is 46.0 Å². The summed E-state index contributed by atoms with van der Waals surface area (Å²) in [4.78, 5) is 0. The molecule has 0 radical (unpaired) electrons. The molecule has 1 atom stereocenters. The van der Waals surface area contributed by atoms with Crippen LogP contribution in [0.2, 0.25) is 0 Å². The van der Waals surface area contributed by atoms with Crippen molar-refractivity contribution in [3.05, 3.63) is 12.2 Å². The third kappa shape index (κ3) is 6.41. The Hall–Kier alpha value is -0.300. The Labute approximate surface area is 77.0 Å². The van der Waals surface area contributed by atoms with Gasteiger partial charge in [-0.15, -0.1) is 6.58 Å². The van der Waals surface area contributed by atoms with Gasteiger partial charge in [-0.1, -0.05) is 25.3 Å². The lowest BCUT2D eigenvalue weighted by Gasteiger charge is -2.12. The number of rotatable bonds is 7. The van der Waals surface area contributed by atoms with Crippen LogP contribution in [0.25, 0.3) is 0 Å². The van der Waals surface area contributed by atoms with E-state index in [-0.39, 0.29) is 0 Å². The van der Waals surface area contributed by atoms with Crippen LogP contribution in [0, 0.1) is 5.92 Å². The molecule has 0 aromatic carbocycles. The highest BCUT2D eigenvalue weighted by molar-refractivity contribution is 4.87. The predicted molar refractivity (Wildman–Crippen MR) is 56.1 cm³/mol. The van der Waals surface area contributed by atoms with Crippen LogP contribution in [-0.4, -0.2) is 6.54 Å². The van der Waals surface area contributed by atoms with Crippen molar-refractivity contribution in [2.24, 2.45) is 11.7 Å². The number of hydrogen-bond donors (Lipinski definition) is 1. The highest BCUT2D eigenvalue weighted by Crippen LogP contribution is 2.17. The first-order valence-corrected chi connectivity index (χ1v) is 5.05. The third-order valence-electron chi connectivity index (χ3n) is 2.37. The molecule has 0 aliphatic carbocycles. The molecule has 0 amide bonds. The third-order valence-corrected chi connectivity index (χ3v) is 2.37. The fraction of sp³-hybridized carbons (Fsp3) is 0.818. The van der Waals surface area contributed by atoms with Gasteiger partial charge in [-0.2, -0.15) is 0 Å². The molecule has 0 bridgehead atoms. The first-order valence-electron chi connectivity index (χ1n) is 5.05. The van der Waals surface area contributed by atoms with Gasteiger partial charge in [-0.05, 0) is 38.6 Å². The van der Waals surface area contributed by atoms with Gasteiger partial charge in [0.25, 0.3) is 0 Å². The van der Waals surface area contributed by atoms with Gasteiger partial charge < -0.3 is 5.73 Å². The molecule has 0 saturated heterocycles. The minimum atomic E-state index is 0.839. The molecule has 0 saturated carbocycles. The van der Waals surface area contributed by atoms with Crippen molar-refractivity contribution in [2.75, 3.05) is 6.54 Å². The average molecular weight is 169 g/mol. The Bertz CT molecular complexity index is 118. The smallest absolute Gasteiger partial charge is 0.00746 e. The molecule has 0 aromatic rings. The zero-order valence-corrected chi connectivity index (χ0v) is 8.60. The Morgan fingerprint density at radius 1 is 1.42 bits per heavy atom. The van der Waals surface area contributed by atoms with Crippen molar-refractivity contribution in [3.63, 3.8) is 0 Å². The first kappa shape index (κ1) is 11.7. The summed E-state index contributed by atoms with van der Waals surface area (Å²) in [7, 11) is 0. The molecule has 72 valence electrons. The summed E-state index contributed by atoms with van der Waals surface area (Å²) in [5, 5.41) is 0. The van der Waals surface area contributed by atoms with E-state index in [2.05, 4.69) is 20.4 Å². The summed E-state index contributed by atoms with van der Waals surface area (Å²) < 4.78 is 0. The maximum Gasteiger partial charge on any atom is -0.00746 e. The van der Waals surface area contributed by atoms with Gasteiger partial charge in [0.1, 0.15) is 0 Å². The van der Waals surface area contributed by atoms with Crippen LogP contribution >= 0.6 is 0 Å². The minimum absolute atomic E-state index is 0.839. The summed E-state index contributed by atoms with van der Waals surface area (Å²) >= 11 is 0. The molecule has 0 spiro atoms. The van der Waals surface area contributed by atoms with Crippen molar-refractivity contribution in [1.29, 1.82) is 0 Å². The molecule has 0 rings (SSSR count). The van der Waals surface area contributed by atoms with E-state index in [1.807, 2.05) is 0 Å². The molecule has 1 unspecified atom stereocenters. The molecule has 0 fully saturated rings.